The largest absolute Gasteiger partial charge is 0.324 e. The number of carbonyl (C=O) groups is 1. The zero-order valence-corrected chi connectivity index (χ0v) is 15.0. The van der Waals surface area contributed by atoms with E-state index in [0.717, 1.165) is 25.7 Å². The normalized spacial score (nSPS) is 17.2. The molecule has 1 saturated carbocycles. The lowest BCUT2D eigenvalue weighted by Crippen LogP contribution is -2.52. The van der Waals surface area contributed by atoms with Gasteiger partial charge >= 0.3 is 0 Å². The van der Waals surface area contributed by atoms with E-state index in [1.54, 1.807) is 24.3 Å². The molecule has 24 heavy (non-hydrogen) atoms. The molecule has 0 atom stereocenters. The van der Waals surface area contributed by atoms with Crippen LogP contribution in [0.1, 0.15) is 51.9 Å². The molecule has 7 heteroatoms. The standard InChI is InChI=1S/C17H27N3O3S/c1-2-3-13-24(22,23)20-15-9-7-14(8-10-15)19-16(21)17(18)11-5-4-6-12-17/h7-10,20H,2-6,11-13,18H2,1H3,(H,19,21). The monoisotopic (exact) mass is 353 g/mol. The van der Waals surface area contributed by atoms with Crippen molar-refractivity contribution in [2.75, 3.05) is 15.8 Å². The number of carbonyl (C=O) groups excluding carboxylic acids is 1. The van der Waals surface area contributed by atoms with Crippen molar-refractivity contribution in [3.63, 3.8) is 0 Å². The lowest BCUT2D eigenvalue weighted by atomic mass is 9.82. The predicted molar refractivity (Wildman–Crippen MR) is 97.4 cm³/mol. The van der Waals surface area contributed by atoms with E-state index in [2.05, 4.69) is 10.0 Å². The molecular weight excluding hydrogens is 326 g/mol. The molecule has 0 bridgehead atoms. The van der Waals surface area contributed by atoms with Crippen molar-refractivity contribution in [1.29, 1.82) is 0 Å². The molecule has 1 amide bonds. The molecular formula is C17H27N3O3S. The van der Waals surface area contributed by atoms with Crippen LogP contribution in [0, 0.1) is 0 Å². The van der Waals surface area contributed by atoms with Crippen LogP contribution in [-0.2, 0) is 14.8 Å². The Bertz CT molecular complexity index is 650. The second-order valence-electron chi connectivity index (χ2n) is 6.52. The van der Waals surface area contributed by atoms with Gasteiger partial charge in [-0.3, -0.25) is 9.52 Å². The maximum absolute atomic E-state index is 12.4. The summed E-state index contributed by atoms with van der Waals surface area (Å²) >= 11 is 0. The minimum Gasteiger partial charge on any atom is -0.324 e. The first kappa shape index (κ1) is 18.7. The molecule has 0 unspecified atom stereocenters. The van der Waals surface area contributed by atoms with E-state index in [-0.39, 0.29) is 11.7 Å². The Hall–Kier alpha value is -1.60. The van der Waals surface area contributed by atoms with Crippen LogP contribution < -0.4 is 15.8 Å². The van der Waals surface area contributed by atoms with Crippen LogP contribution in [0.15, 0.2) is 24.3 Å². The van der Waals surface area contributed by atoms with Gasteiger partial charge in [0.05, 0.1) is 11.3 Å². The van der Waals surface area contributed by atoms with Gasteiger partial charge in [0.2, 0.25) is 15.9 Å². The number of sulfonamides is 1. The Balaban J connectivity index is 1.95. The highest BCUT2D eigenvalue weighted by Gasteiger charge is 2.35. The third kappa shape index (κ3) is 5.21. The molecule has 6 nitrogen and oxygen atoms in total. The Morgan fingerprint density at radius 2 is 1.71 bits per heavy atom. The van der Waals surface area contributed by atoms with Crippen molar-refractivity contribution >= 4 is 27.3 Å². The van der Waals surface area contributed by atoms with Crippen LogP contribution in [0.25, 0.3) is 0 Å². The van der Waals surface area contributed by atoms with Gasteiger partial charge in [0, 0.05) is 11.4 Å². The van der Waals surface area contributed by atoms with E-state index in [4.69, 9.17) is 5.73 Å². The van der Waals surface area contributed by atoms with E-state index >= 15 is 0 Å². The van der Waals surface area contributed by atoms with E-state index in [0.29, 0.717) is 30.6 Å². The van der Waals surface area contributed by atoms with Crippen molar-refractivity contribution in [1.82, 2.24) is 0 Å². The highest BCUT2D eigenvalue weighted by Crippen LogP contribution is 2.27. The van der Waals surface area contributed by atoms with Crippen molar-refractivity contribution in [2.24, 2.45) is 5.73 Å². The third-order valence-electron chi connectivity index (χ3n) is 4.38. The number of rotatable bonds is 7. The van der Waals surface area contributed by atoms with E-state index in [1.807, 2.05) is 6.92 Å². The van der Waals surface area contributed by atoms with Crippen LogP contribution in [-0.4, -0.2) is 25.6 Å². The maximum atomic E-state index is 12.4. The van der Waals surface area contributed by atoms with Gasteiger partial charge in [-0.25, -0.2) is 8.42 Å². The summed E-state index contributed by atoms with van der Waals surface area (Å²) in [5.41, 5.74) is 6.52. The van der Waals surface area contributed by atoms with Crippen LogP contribution >= 0.6 is 0 Å². The Labute approximate surface area is 144 Å². The molecule has 0 spiro atoms. The summed E-state index contributed by atoms with van der Waals surface area (Å²) < 4.78 is 26.3. The fourth-order valence-electron chi connectivity index (χ4n) is 2.85. The summed E-state index contributed by atoms with van der Waals surface area (Å²) in [5.74, 6) is -0.0593. The zero-order valence-electron chi connectivity index (χ0n) is 14.2. The summed E-state index contributed by atoms with van der Waals surface area (Å²) in [7, 11) is -3.32. The SMILES string of the molecule is CCCCS(=O)(=O)Nc1ccc(NC(=O)C2(N)CCCCC2)cc1. The van der Waals surface area contributed by atoms with E-state index in [1.165, 1.54) is 0 Å². The highest BCUT2D eigenvalue weighted by molar-refractivity contribution is 7.92. The number of hydrogen-bond donors (Lipinski definition) is 3. The van der Waals surface area contributed by atoms with Gasteiger partial charge in [0.25, 0.3) is 0 Å². The van der Waals surface area contributed by atoms with Crippen molar-refractivity contribution < 1.29 is 13.2 Å². The summed E-state index contributed by atoms with van der Waals surface area (Å²) in [5, 5.41) is 2.84. The predicted octanol–water partition coefficient (Wildman–Crippen LogP) is 2.83. The molecule has 0 saturated heterocycles. The van der Waals surface area contributed by atoms with Crippen molar-refractivity contribution in [3.05, 3.63) is 24.3 Å². The van der Waals surface area contributed by atoms with Gasteiger partial charge in [-0.05, 0) is 43.5 Å². The van der Waals surface area contributed by atoms with Gasteiger partial charge in [-0.15, -0.1) is 0 Å². The molecule has 1 aromatic carbocycles. The van der Waals surface area contributed by atoms with Gasteiger partial charge in [-0.2, -0.15) is 0 Å². The molecule has 0 aromatic heterocycles. The molecule has 4 N–H and O–H groups in total. The van der Waals surface area contributed by atoms with Crippen molar-refractivity contribution in [2.45, 2.75) is 57.4 Å². The smallest absolute Gasteiger partial charge is 0.244 e. The summed E-state index contributed by atoms with van der Waals surface area (Å²) in [4.78, 5) is 12.4. The lowest BCUT2D eigenvalue weighted by Gasteiger charge is -2.31. The van der Waals surface area contributed by atoms with Crippen LogP contribution in [0.4, 0.5) is 11.4 Å². The quantitative estimate of drug-likeness (QED) is 0.701. The average molecular weight is 353 g/mol. The van der Waals surface area contributed by atoms with E-state index in [9.17, 15) is 13.2 Å². The Kier molecular flexibility index (Phi) is 6.23. The summed E-state index contributed by atoms with van der Waals surface area (Å²) in [6.45, 7) is 1.95. The number of amides is 1. The number of hydrogen-bond acceptors (Lipinski definition) is 4. The topological polar surface area (TPSA) is 101 Å². The molecule has 0 heterocycles. The van der Waals surface area contributed by atoms with Gasteiger partial charge in [0.15, 0.2) is 0 Å². The summed E-state index contributed by atoms with van der Waals surface area (Å²) in [6, 6.07) is 6.65. The van der Waals surface area contributed by atoms with Gasteiger partial charge in [-0.1, -0.05) is 32.6 Å². The first-order chi connectivity index (χ1) is 11.3. The zero-order chi connectivity index (χ0) is 17.6. The van der Waals surface area contributed by atoms with Crippen LogP contribution in [0.3, 0.4) is 0 Å². The first-order valence-electron chi connectivity index (χ1n) is 8.55. The molecule has 134 valence electrons. The molecule has 1 aromatic rings. The number of nitrogens with one attached hydrogen (secondary N) is 2. The van der Waals surface area contributed by atoms with Gasteiger partial charge in [0.1, 0.15) is 0 Å². The second-order valence-corrected chi connectivity index (χ2v) is 8.36. The van der Waals surface area contributed by atoms with E-state index < -0.39 is 15.6 Å². The fourth-order valence-corrected chi connectivity index (χ4v) is 4.12. The minimum atomic E-state index is -3.32. The lowest BCUT2D eigenvalue weighted by molar-refractivity contribution is -0.122. The molecule has 1 fully saturated rings. The molecule has 1 aliphatic carbocycles. The third-order valence-corrected chi connectivity index (χ3v) is 5.75. The summed E-state index contributed by atoms with van der Waals surface area (Å²) in [6.07, 6.45) is 5.93. The first-order valence-corrected chi connectivity index (χ1v) is 10.2. The number of benzene rings is 1. The molecule has 1 aliphatic rings. The Morgan fingerprint density at radius 3 is 2.29 bits per heavy atom. The minimum absolute atomic E-state index is 0.109. The number of nitrogens with two attached hydrogens (primary N) is 1. The van der Waals surface area contributed by atoms with Crippen molar-refractivity contribution in [3.8, 4) is 0 Å². The highest BCUT2D eigenvalue weighted by atomic mass is 32.2. The fraction of sp³-hybridized carbons (Fsp3) is 0.588. The number of unbranched alkanes of at least 4 members (excludes halogenated alkanes) is 1. The Morgan fingerprint density at radius 1 is 1.12 bits per heavy atom. The number of anilines is 2. The molecule has 0 radical (unpaired) electrons. The maximum Gasteiger partial charge on any atom is 0.244 e. The second kappa shape index (κ2) is 7.98. The van der Waals surface area contributed by atoms with Gasteiger partial charge < -0.3 is 11.1 Å². The average Bonchev–Trinajstić information content (AvgIpc) is 2.55. The van der Waals surface area contributed by atoms with Crippen LogP contribution in [0.5, 0.6) is 0 Å². The van der Waals surface area contributed by atoms with Crippen LogP contribution in [0.2, 0.25) is 0 Å². The molecule has 2 rings (SSSR count). The molecule has 0 aliphatic heterocycles.